The molecule has 1 aromatic heterocycles. The fourth-order valence-electron chi connectivity index (χ4n) is 1.63. The Morgan fingerprint density at radius 3 is 2.60 bits per heavy atom. The molecule has 0 saturated carbocycles. The van der Waals surface area contributed by atoms with Gasteiger partial charge in [0.1, 0.15) is 4.21 Å². The van der Waals surface area contributed by atoms with Crippen molar-refractivity contribution < 1.29 is 8.42 Å². The minimum Gasteiger partial charge on any atom is -0.310 e. The van der Waals surface area contributed by atoms with Gasteiger partial charge in [0.05, 0.1) is 0 Å². The molecule has 7 heteroatoms. The van der Waals surface area contributed by atoms with Crippen molar-refractivity contribution in [3.63, 3.8) is 0 Å². The Balaban J connectivity index is 2.82. The molecule has 1 N–H and O–H groups in total. The summed E-state index contributed by atoms with van der Waals surface area (Å²) in [6.07, 6.45) is 1.98. The summed E-state index contributed by atoms with van der Waals surface area (Å²) in [7, 11) is -1.71. The highest BCUT2D eigenvalue weighted by Crippen LogP contribution is 2.25. The van der Waals surface area contributed by atoms with Gasteiger partial charge >= 0.3 is 0 Å². The van der Waals surface area contributed by atoms with E-state index in [1.165, 1.54) is 15.6 Å². The summed E-state index contributed by atoms with van der Waals surface area (Å²) in [5.41, 5.74) is 1.02. The van der Waals surface area contributed by atoms with Crippen LogP contribution in [0, 0.1) is 0 Å². The van der Waals surface area contributed by atoms with Gasteiger partial charge in [0, 0.05) is 31.4 Å². The highest BCUT2D eigenvalue weighted by Gasteiger charge is 2.26. The van der Waals surface area contributed by atoms with Crippen LogP contribution in [0.25, 0.3) is 0 Å². The smallest absolute Gasteiger partial charge is 0.252 e. The maximum Gasteiger partial charge on any atom is 0.252 e. The molecule has 1 heterocycles. The molecule has 0 aliphatic heterocycles. The summed E-state index contributed by atoms with van der Waals surface area (Å²) in [6.45, 7) is 6.78. The van der Waals surface area contributed by atoms with Crippen molar-refractivity contribution in [2.75, 3.05) is 19.1 Å². The van der Waals surface area contributed by atoms with Crippen LogP contribution in [0.15, 0.2) is 15.7 Å². The van der Waals surface area contributed by atoms with Gasteiger partial charge in [-0.15, -0.1) is 11.3 Å². The summed E-state index contributed by atoms with van der Waals surface area (Å²) in [5.74, 6) is 0.795. The van der Waals surface area contributed by atoms with Gasteiger partial charge in [0.15, 0.2) is 0 Å². The molecule has 1 atom stereocenters. The highest BCUT2D eigenvalue weighted by molar-refractivity contribution is 7.98. The van der Waals surface area contributed by atoms with Crippen molar-refractivity contribution in [3.8, 4) is 0 Å². The number of thioether (sulfide) groups is 1. The van der Waals surface area contributed by atoms with Crippen LogP contribution in [0.5, 0.6) is 0 Å². The molecule has 1 aromatic rings. The molecule has 0 radical (unpaired) electrons. The van der Waals surface area contributed by atoms with E-state index in [1.807, 2.05) is 18.6 Å². The molecule has 0 aliphatic carbocycles. The van der Waals surface area contributed by atoms with Gasteiger partial charge in [0.2, 0.25) is 0 Å². The quantitative estimate of drug-likeness (QED) is 0.793. The zero-order valence-electron chi connectivity index (χ0n) is 12.7. The van der Waals surface area contributed by atoms with Crippen LogP contribution in [0.2, 0.25) is 0 Å². The van der Waals surface area contributed by atoms with Crippen molar-refractivity contribution in [1.29, 1.82) is 0 Å². The maximum absolute atomic E-state index is 12.5. The molecule has 0 amide bonds. The van der Waals surface area contributed by atoms with Gasteiger partial charge in [-0.25, -0.2) is 8.42 Å². The van der Waals surface area contributed by atoms with E-state index in [1.54, 1.807) is 24.9 Å². The lowest BCUT2D eigenvalue weighted by atomic mass is 10.3. The topological polar surface area (TPSA) is 49.4 Å². The SMILES string of the molecule is CSCC(C)N(C)S(=O)(=O)c1cc(CNC(C)C)cs1. The molecular formula is C13H24N2O2S3. The molecule has 0 saturated heterocycles. The van der Waals surface area contributed by atoms with E-state index in [-0.39, 0.29) is 6.04 Å². The normalized spacial score (nSPS) is 14.2. The van der Waals surface area contributed by atoms with Gasteiger partial charge in [-0.3, -0.25) is 0 Å². The summed E-state index contributed by atoms with van der Waals surface area (Å²) in [4.78, 5) is 0. The summed E-state index contributed by atoms with van der Waals surface area (Å²) in [6, 6.07) is 2.16. The van der Waals surface area contributed by atoms with Gasteiger partial charge in [-0.05, 0) is 30.2 Å². The van der Waals surface area contributed by atoms with Crippen molar-refractivity contribution in [3.05, 3.63) is 17.0 Å². The second-order valence-electron chi connectivity index (χ2n) is 5.14. The Labute approximate surface area is 131 Å². The lowest BCUT2D eigenvalue weighted by molar-refractivity contribution is 0.416. The second kappa shape index (κ2) is 7.79. The van der Waals surface area contributed by atoms with E-state index < -0.39 is 10.0 Å². The standard InChI is InChI=1S/C13H24N2O2S3/c1-10(2)14-7-12-6-13(19-9-12)20(16,17)15(4)11(3)8-18-5/h6,9-11,14H,7-8H2,1-5H3. The number of nitrogens with zero attached hydrogens (tertiary/aromatic N) is 1. The zero-order valence-corrected chi connectivity index (χ0v) is 15.2. The molecular weight excluding hydrogens is 312 g/mol. The van der Waals surface area contributed by atoms with Crippen LogP contribution in [-0.4, -0.2) is 43.9 Å². The summed E-state index contributed by atoms with van der Waals surface area (Å²) in [5, 5.41) is 5.21. The molecule has 1 rings (SSSR count). The molecule has 1 unspecified atom stereocenters. The largest absolute Gasteiger partial charge is 0.310 e. The lowest BCUT2D eigenvalue weighted by Crippen LogP contribution is -2.36. The highest BCUT2D eigenvalue weighted by atomic mass is 32.2. The minimum atomic E-state index is -3.37. The van der Waals surface area contributed by atoms with Crippen molar-refractivity contribution in [2.45, 2.75) is 43.6 Å². The van der Waals surface area contributed by atoms with Crippen LogP contribution in [0.1, 0.15) is 26.3 Å². The van der Waals surface area contributed by atoms with E-state index in [0.717, 1.165) is 11.3 Å². The molecule has 116 valence electrons. The number of nitrogens with one attached hydrogen (secondary N) is 1. The van der Waals surface area contributed by atoms with Gasteiger partial charge in [-0.1, -0.05) is 13.8 Å². The van der Waals surface area contributed by atoms with Crippen LogP contribution >= 0.6 is 23.1 Å². The monoisotopic (exact) mass is 336 g/mol. The van der Waals surface area contributed by atoms with Crippen molar-refractivity contribution in [1.82, 2.24) is 9.62 Å². The molecule has 0 aromatic carbocycles. The summed E-state index contributed by atoms with van der Waals surface area (Å²) < 4.78 is 26.9. The average molecular weight is 337 g/mol. The van der Waals surface area contributed by atoms with E-state index in [0.29, 0.717) is 16.8 Å². The molecule has 0 spiro atoms. The third-order valence-corrected chi connectivity index (χ3v) is 7.26. The number of hydrogen-bond donors (Lipinski definition) is 1. The van der Waals surface area contributed by atoms with Crippen molar-refractivity contribution >= 4 is 33.1 Å². The van der Waals surface area contributed by atoms with Gasteiger partial charge in [-0.2, -0.15) is 16.1 Å². The number of hydrogen-bond acceptors (Lipinski definition) is 5. The van der Waals surface area contributed by atoms with Crippen molar-refractivity contribution in [2.24, 2.45) is 0 Å². The summed E-state index contributed by atoms with van der Waals surface area (Å²) >= 11 is 2.95. The number of rotatable bonds is 8. The Morgan fingerprint density at radius 1 is 1.40 bits per heavy atom. The first-order valence-corrected chi connectivity index (χ1v) is 10.3. The fourth-order valence-corrected chi connectivity index (χ4v) is 5.18. The third-order valence-electron chi connectivity index (χ3n) is 3.01. The van der Waals surface area contributed by atoms with E-state index in [2.05, 4.69) is 19.2 Å². The number of sulfonamides is 1. The average Bonchev–Trinajstić information content (AvgIpc) is 2.85. The van der Waals surface area contributed by atoms with Crippen LogP contribution in [-0.2, 0) is 16.6 Å². The van der Waals surface area contributed by atoms with E-state index >= 15 is 0 Å². The van der Waals surface area contributed by atoms with E-state index in [4.69, 9.17) is 0 Å². The van der Waals surface area contributed by atoms with E-state index in [9.17, 15) is 8.42 Å². The first-order valence-electron chi connectivity index (χ1n) is 6.56. The number of thiophene rings is 1. The van der Waals surface area contributed by atoms with Crippen LogP contribution in [0.3, 0.4) is 0 Å². The second-order valence-corrected chi connectivity index (χ2v) is 9.18. The fraction of sp³-hybridized carbons (Fsp3) is 0.692. The predicted octanol–water partition coefficient (Wildman–Crippen LogP) is 2.62. The maximum atomic E-state index is 12.5. The Kier molecular flexibility index (Phi) is 7.00. The molecule has 4 nitrogen and oxygen atoms in total. The molecule has 0 aliphatic rings. The Bertz CT molecular complexity index is 511. The van der Waals surface area contributed by atoms with Crippen LogP contribution in [0.4, 0.5) is 0 Å². The first-order chi connectivity index (χ1) is 9.28. The third kappa shape index (κ3) is 4.73. The Morgan fingerprint density at radius 2 is 2.05 bits per heavy atom. The Hall–Kier alpha value is -0.0800. The minimum absolute atomic E-state index is 0.00524. The van der Waals surface area contributed by atoms with Gasteiger partial charge in [0.25, 0.3) is 10.0 Å². The first kappa shape index (κ1) is 18.0. The lowest BCUT2D eigenvalue weighted by Gasteiger charge is -2.22. The van der Waals surface area contributed by atoms with Crippen LogP contribution < -0.4 is 5.32 Å². The molecule has 20 heavy (non-hydrogen) atoms. The predicted molar refractivity (Wildman–Crippen MR) is 89.1 cm³/mol. The zero-order chi connectivity index (χ0) is 15.3. The molecule has 0 fully saturated rings. The van der Waals surface area contributed by atoms with Gasteiger partial charge < -0.3 is 5.32 Å². The molecule has 0 bridgehead atoms.